The molecule has 0 aliphatic rings. The largest absolute Gasteiger partial charge is 0.493 e. The predicted octanol–water partition coefficient (Wildman–Crippen LogP) is 5.59. The summed E-state index contributed by atoms with van der Waals surface area (Å²) in [5.74, 6) is 1.94. The molecule has 0 aliphatic carbocycles. The number of hydrogen-bond acceptors (Lipinski definition) is 5. The lowest BCUT2D eigenvalue weighted by Gasteiger charge is -2.11. The fourth-order valence-corrected chi connectivity index (χ4v) is 3.39. The number of aromatic nitrogens is 3. The number of para-hydroxylation sites is 2. The van der Waals surface area contributed by atoms with Crippen LogP contribution in [0.5, 0.6) is 17.2 Å². The molecule has 0 spiro atoms. The molecule has 4 aromatic rings. The molecule has 7 nitrogen and oxygen atoms in total. The normalized spacial score (nSPS) is 10.6. The van der Waals surface area contributed by atoms with Gasteiger partial charge in [0.15, 0.2) is 17.3 Å². The van der Waals surface area contributed by atoms with Crippen LogP contribution in [0.3, 0.4) is 0 Å². The van der Waals surface area contributed by atoms with Crippen LogP contribution < -0.4 is 14.8 Å². The number of methoxy groups -OCH3 is 1. The summed E-state index contributed by atoms with van der Waals surface area (Å²) in [5, 5.41) is 7.48. The molecule has 2 aromatic carbocycles. The van der Waals surface area contributed by atoms with Gasteiger partial charge in [-0.1, -0.05) is 23.7 Å². The van der Waals surface area contributed by atoms with Crippen LogP contribution in [0.2, 0.25) is 5.02 Å². The summed E-state index contributed by atoms with van der Waals surface area (Å²) in [5.41, 5.74) is 2.47. The van der Waals surface area contributed by atoms with E-state index >= 15 is 0 Å². The van der Waals surface area contributed by atoms with Crippen molar-refractivity contribution in [3.63, 3.8) is 0 Å². The van der Waals surface area contributed by atoms with Gasteiger partial charge in [0.1, 0.15) is 11.4 Å². The van der Waals surface area contributed by atoms with Gasteiger partial charge >= 0.3 is 0 Å². The maximum absolute atomic E-state index is 12.8. The molecule has 1 N–H and O–H groups in total. The molecule has 8 heteroatoms. The Morgan fingerprint density at radius 2 is 1.72 bits per heavy atom. The molecule has 162 valence electrons. The lowest BCUT2D eigenvalue weighted by molar-refractivity contribution is 0.102. The number of halogens is 1. The lowest BCUT2D eigenvalue weighted by Crippen LogP contribution is -2.16. The highest BCUT2D eigenvalue weighted by Gasteiger charge is 2.16. The van der Waals surface area contributed by atoms with Crippen molar-refractivity contribution in [3.05, 3.63) is 88.8 Å². The summed E-state index contributed by atoms with van der Waals surface area (Å²) in [6, 6.07) is 19.7. The first-order valence-electron chi connectivity index (χ1n) is 9.87. The van der Waals surface area contributed by atoms with Gasteiger partial charge in [-0.25, -0.2) is 9.67 Å². The molecular weight excluding hydrogens is 428 g/mol. The number of carbonyl (C=O) groups excluding carboxylic acids is 1. The Labute approximate surface area is 190 Å². The molecule has 32 heavy (non-hydrogen) atoms. The SMILES string of the molecule is COc1ccccc1Oc1ccc(NC(=O)c2nc(-n3nc(C)cc3C)ccc2Cl)cc1. The standard InChI is InChI=1S/C24H21ClN4O3/c1-15-14-16(2)29(28-15)22-13-12-19(25)23(27-22)24(30)26-17-8-10-18(11-9-17)32-21-7-5-4-6-20(21)31-3/h4-14H,1-3H3,(H,26,30). The molecule has 0 radical (unpaired) electrons. The maximum atomic E-state index is 12.8. The lowest BCUT2D eigenvalue weighted by atomic mass is 10.2. The van der Waals surface area contributed by atoms with Gasteiger partial charge in [0, 0.05) is 11.4 Å². The monoisotopic (exact) mass is 448 g/mol. The van der Waals surface area contributed by atoms with E-state index < -0.39 is 5.91 Å². The first-order chi connectivity index (χ1) is 15.4. The number of benzene rings is 2. The van der Waals surface area contributed by atoms with Crippen LogP contribution in [-0.2, 0) is 0 Å². The summed E-state index contributed by atoms with van der Waals surface area (Å²) < 4.78 is 12.8. The van der Waals surface area contributed by atoms with E-state index in [1.54, 1.807) is 48.2 Å². The number of hydrogen-bond donors (Lipinski definition) is 1. The second kappa shape index (κ2) is 9.11. The molecule has 4 rings (SSSR count). The van der Waals surface area contributed by atoms with Gasteiger partial charge in [0.2, 0.25) is 0 Å². The number of pyridine rings is 1. The topological polar surface area (TPSA) is 78.3 Å². The van der Waals surface area contributed by atoms with E-state index in [0.29, 0.717) is 28.8 Å². The van der Waals surface area contributed by atoms with Crippen molar-refractivity contribution in [2.24, 2.45) is 0 Å². The summed E-state index contributed by atoms with van der Waals surface area (Å²) in [6.45, 7) is 3.82. The number of aryl methyl sites for hydroxylation is 2. The van der Waals surface area contributed by atoms with Crippen LogP contribution in [0, 0.1) is 13.8 Å². The zero-order valence-corrected chi connectivity index (χ0v) is 18.6. The number of rotatable bonds is 6. The third-order valence-electron chi connectivity index (χ3n) is 4.68. The first-order valence-corrected chi connectivity index (χ1v) is 10.2. The average Bonchev–Trinajstić information content (AvgIpc) is 3.13. The van der Waals surface area contributed by atoms with Gasteiger partial charge in [-0.05, 0) is 68.4 Å². The van der Waals surface area contributed by atoms with E-state index in [-0.39, 0.29) is 10.7 Å². The van der Waals surface area contributed by atoms with Gasteiger partial charge in [0.05, 0.1) is 17.8 Å². The van der Waals surface area contributed by atoms with Crippen LogP contribution in [-0.4, -0.2) is 27.8 Å². The minimum atomic E-state index is -0.420. The molecule has 0 atom stereocenters. The van der Waals surface area contributed by atoms with E-state index in [0.717, 1.165) is 11.4 Å². The Bertz CT molecular complexity index is 1270. The Kier molecular flexibility index (Phi) is 6.09. The van der Waals surface area contributed by atoms with Crippen LogP contribution in [0.15, 0.2) is 66.7 Å². The van der Waals surface area contributed by atoms with E-state index in [1.165, 1.54) is 0 Å². The molecular formula is C24H21ClN4O3. The van der Waals surface area contributed by atoms with Crippen molar-refractivity contribution in [2.45, 2.75) is 13.8 Å². The van der Waals surface area contributed by atoms with E-state index in [4.69, 9.17) is 21.1 Å². The molecule has 0 saturated heterocycles. The molecule has 1 amide bonds. The van der Waals surface area contributed by atoms with Crippen molar-refractivity contribution >= 4 is 23.2 Å². The van der Waals surface area contributed by atoms with Crippen molar-refractivity contribution < 1.29 is 14.3 Å². The molecule has 0 bridgehead atoms. The molecule has 0 aliphatic heterocycles. The fraction of sp³-hybridized carbons (Fsp3) is 0.125. The highest BCUT2D eigenvalue weighted by molar-refractivity contribution is 6.34. The summed E-state index contributed by atoms with van der Waals surface area (Å²) >= 11 is 6.25. The number of anilines is 1. The fourth-order valence-electron chi connectivity index (χ4n) is 3.20. The van der Waals surface area contributed by atoms with Gasteiger partial charge in [-0.15, -0.1) is 0 Å². The van der Waals surface area contributed by atoms with Gasteiger partial charge in [-0.3, -0.25) is 4.79 Å². The third kappa shape index (κ3) is 4.58. The first kappa shape index (κ1) is 21.4. The Morgan fingerprint density at radius 1 is 1.00 bits per heavy atom. The zero-order valence-electron chi connectivity index (χ0n) is 17.8. The summed E-state index contributed by atoms with van der Waals surface area (Å²) in [4.78, 5) is 17.3. The number of ether oxygens (including phenoxy) is 2. The highest BCUT2D eigenvalue weighted by atomic mass is 35.5. The maximum Gasteiger partial charge on any atom is 0.275 e. The van der Waals surface area contributed by atoms with Gasteiger partial charge in [-0.2, -0.15) is 5.10 Å². The minimum Gasteiger partial charge on any atom is -0.493 e. The number of nitrogens with one attached hydrogen (secondary N) is 1. The number of carbonyl (C=O) groups is 1. The van der Waals surface area contributed by atoms with E-state index in [9.17, 15) is 4.79 Å². The van der Waals surface area contributed by atoms with Crippen molar-refractivity contribution in [1.29, 1.82) is 0 Å². The van der Waals surface area contributed by atoms with Crippen LogP contribution in [0.4, 0.5) is 5.69 Å². The Hall–Kier alpha value is -3.84. The molecule has 2 aromatic heterocycles. The predicted molar refractivity (Wildman–Crippen MR) is 123 cm³/mol. The highest BCUT2D eigenvalue weighted by Crippen LogP contribution is 2.31. The number of amides is 1. The number of nitrogens with zero attached hydrogens (tertiary/aromatic N) is 3. The second-order valence-corrected chi connectivity index (χ2v) is 7.48. The third-order valence-corrected chi connectivity index (χ3v) is 4.99. The second-order valence-electron chi connectivity index (χ2n) is 7.07. The van der Waals surface area contributed by atoms with Crippen LogP contribution >= 0.6 is 11.6 Å². The average molecular weight is 449 g/mol. The molecule has 0 fully saturated rings. The van der Waals surface area contributed by atoms with Crippen molar-refractivity contribution in [3.8, 4) is 23.1 Å². The molecule has 0 saturated carbocycles. The smallest absolute Gasteiger partial charge is 0.275 e. The summed E-state index contributed by atoms with van der Waals surface area (Å²) in [7, 11) is 1.59. The zero-order chi connectivity index (χ0) is 22.7. The minimum absolute atomic E-state index is 0.117. The van der Waals surface area contributed by atoms with Crippen LogP contribution in [0.1, 0.15) is 21.9 Å². The molecule has 0 unspecified atom stereocenters. The van der Waals surface area contributed by atoms with E-state index in [1.807, 2.05) is 44.2 Å². The Morgan fingerprint density at radius 3 is 2.38 bits per heavy atom. The quantitative estimate of drug-likeness (QED) is 0.416. The van der Waals surface area contributed by atoms with Crippen molar-refractivity contribution in [1.82, 2.24) is 14.8 Å². The van der Waals surface area contributed by atoms with Gasteiger partial charge in [0.25, 0.3) is 5.91 Å². The van der Waals surface area contributed by atoms with Crippen LogP contribution in [0.25, 0.3) is 5.82 Å². The van der Waals surface area contributed by atoms with E-state index in [2.05, 4.69) is 15.4 Å². The van der Waals surface area contributed by atoms with Crippen molar-refractivity contribution in [2.75, 3.05) is 12.4 Å². The van der Waals surface area contributed by atoms with Gasteiger partial charge < -0.3 is 14.8 Å². The summed E-state index contributed by atoms with van der Waals surface area (Å²) in [6.07, 6.45) is 0. The molecule has 2 heterocycles. The Balaban J connectivity index is 1.50.